The number of carboxylic acid groups (broad SMARTS) is 1. The van der Waals surface area contributed by atoms with Crippen LogP contribution in [-0.2, 0) is 6.42 Å². The first-order valence-electron chi connectivity index (χ1n) is 9.37. The molecule has 138 valence electrons. The third-order valence-corrected chi connectivity index (χ3v) is 7.34. The van der Waals surface area contributed by atoms with Crippen molar-refractivity contribution in [2.75, 3.05) is 0 Å². The topological polar surface area (TPSA) is 57.5 Å². The first kappa shape index (κ1) is 18.9. The van der Waals surface area contributed by atoms with Crippen molar-refractivity contribution in [2.45, 2.75) is 62.8 Å². The minimum Gasteiger partial charge on any atom is -0.477 e. The number of aliphatic hydroxyl groups excluding tert-OH is 1. The molecule has 3 rings (SSSR count). The summed E-state index contributed by atoms with van der Waals surface area (Å²) in [7, 11) is 0. The van der Waals surface area contributed by atoms with E-state index in [1.807, 2.05) is 6.07 Å². The van der Waals surface area contributed by atoms with Crippen molar-refractivity contribution in [3.63, 3.8) is 0 Å². The molecule has 0 spiro atoms. The van der Waals surface area contributed by atoms with Crippen LogP contribution < -0.4 is 0 Å². The lowest BCUT2D eigenvalue weighted by molar-refractivity contribution is 0.0702. The zero-order valence-corrected chi connectivity index (χ0v) is 16.0. The molecule has 3 nitrogen and oxygen atoms in total. The number of carboxylic acids is 1. The van der Waals surface area contributed by atoms with Crippen LogP contribution in [0.1, 0.15) is 59.5 Å². The SMILES string of the molecule is O=C(O)c1ccc(CCC[C@@H]2[C@@H](C=CC3CCCC3)[C@H](O)C[C@H]2Cl)s1. The van der Waals surface area contributed by atoms with Crippen molar-refractivity contribution in [2.24, 2.45) is 17.8 Å². The first-order valence-corrected chi connectivity index (χ1v) is 10.6. The maximum absolute atomic E-state index is 11.0. The highest BCUT2D eigenvalue weighted by Gasteiger charge is 2.39. The average Bonchev–Trinajstić information content (AvgIpc) is 3.28. The Morgan fingerprint density at radius 2 is 2.04 bits per heavy atom. The van der Waals surface area contributed by atoms with Crippen LogP contribution in [0.3, 0.4) is 0 Å². The van der Waals surface area contributed by atoms with Gasteiger partial charge >= 0.3 is 5.97 Å². The standard InChI is InChI=1S/C20H27ClO3S/c21-17-12-18(22)16(10-8-13-4-1-2-5-13)15(17)7-3-6-14-9-11-19(25-14)20(23)24/h8-11,13,15-18,22H,1-7,12H2,(H,23,24)/t15-,16-,17-,18-/m1/s1. The second-order valence-electron chi connectivity index (χ2n) is 7.45. The highest BCUT2D eigenvalue weighted by molar-refractivity contribution is 7.13. The number of hydrogen-bond acceptors (Lipinski definition) is 3. The van der Waals surface area contributed by atoms with E-state index >= 15 is 0 Å². The molecule has 0 unspecified atom stereocenters. The van der Waals surface area contributed by atoms with Gasteiger partial charge in [0.15, 0.2) is 0 Å². The molecule has 2 N–H and O–H groups in total. The highest BCUT2D eigenvalue weighted by Crippen LogP contribution is 2.41. The third kappa shape index (κ3) is 4.87. The normalized spacial score (nSPS) is 30.5. The summed E-state index contributed by atoms with van der Waals surface area (Å²) in [4.78, 5) is 12.5. The molecule has 2 saturated carbocycles. The van der Waals surface area contributed by atoms with Crippen LogP contribution >= 0.6 is 22.9 Å². The fraction of sp³-hybridized carbons (Fsp3) is 0.650. The van der Waals surface area contributed by atoms with E-state index in [0.29, 0.717) is 23.1 Å². The molecule has 0 aliphatic heterocycles. The van der Waals surface area contributed by atoms with Crippen molar-refractivity contribution in [1.29, 1.82) is 0 Å². The minimum atomic E-state index is -0.854. The minimum absolute atomic E-state index is 0.0335. The molecule has 5 heteroatoms. The number of aromatic carboxylic acids is 1. The van der Waals surface area contributed by atoms with Crippen molar-refractivity contribution in [1.82, 2.24) is 0 Å². The maximum atomic E-state index is 11.0. The van der Waals surface area contributed by atoms with Crippen molar-refractivity contribution < 1.29 is 15.0 Å². The van der Waals surface area contributed by atoms with Crippen LogP contribution in [0, 0.1) is 17.8 Å². The predicted molar refractivity (Wildman–Crippen MR) is 103 cm³/mol. The van der Waals surface area contributed by atoms with E-state index in [1.54, 1.807) is 6.07 Å². The summed E-state index contributed by atoms with van der Waals surface area (Å²) in [5.74, 6) is 0.310. The lowest BCUT2D eigenvalue weighted by Gasteiger charge is -2.21. The van der Waals surface area contributed by atoms with Gasteiger partial charge in [0.1, 0.15) is 4.88 Å². The van der Waals surface area contributed by atoms with Gasteiger partial charge in [0.2, 0.25) is 0 Å². The Labute approximate surface area is 158 Å². The molecule has 2 aliphatic rings. The second kappa shape index (κ2) is 8.70. The highest BCUT2D eigenvalue weighted by atomic mass is 35.5. The number of rotatable bonds is 7. The summed E-state index contributed by atoms with van der Waals surface area (Å²) in [6, 6.07) is 3.59. The number of halogens is 1. The van der Waals surface area contributed by atoms with E-state index < -0.39 is 5.97 Å². The molecule has 4 atom stereocenters. The van der Waals surface area contributed by atoms with Crippen molar-refractivity contribution in [3.8, 4) is 0 Å². The fourth-order valence-corrected chi connectivity index (χ4v) is 5.67. The van der Waals surface area contributed by atoms with Crippen molar-refractivity contribution in [3.05, 3.63) is 34.0 Å². The molecule has 1 aromatic rings. The van der Waals surface area contributed by atoms with Crippen molar-refractivity contribution >= 4 is 28.9 Å². The maximum Gasteiger partial charge on any atom is 0.345 e. The monoisotopic (exact) mass is 382 g/mol. The van der Waals surface area contributed by atoms with Gasteiger partial charge in [0.25, 0.3) is 0 Å². The molecule has 0 bridgehead atoms. The van der Waals surface area contributed by atoms with Gasteiger partial charge in [-0.2, -0.15) is 0 Å². The molecule has 25 heavy (non-hydrogen) atoms. The van der Waals surface area contributed by atoms with Crippen LogP contribution in [0.4, 0.5) is 0 Å². The zero-order valence-electron chi connectivity index (χ0n) is 14.4. The number of thiophene rings is 1. The van der Waals surface area contributed by atoms with E-state index in [0.717, 1.165) is 24.1 Å². The number of aryl methyl sites for hydroxylation is 1. The number of aliphatic hydroxyl groups is 1. The van der Waals surface area contributed by atoms with Crippen LogP contribution in [0.2, 0.25) is 0 Å². The molecule has 1 heterocycles. The van der Waals surface area contributed by atoms with Crippen LogP contribution in [0.15, 0.2) is 24.3 Å². The van der Waals surface area contributed by atoms with Gasteiger partial charge in [-0.15, -0.1) is 22.9 Å². The number of hydrogen-bond donors (Lipinski definition) is 2. The van der Waals surface area contributed by atoms with Gasteiger partial charge < -0.3 is 10.2 Å². The Morgan fingerprint density at radius 1 is 1.28 bits per heavy atom. The molecule has 0 radical (unpaired) electrons. The number of allylic oxidation sites excluding steroid dienone is 1. The van der Waals surface area contributed by atoms with Gasteiger partial charge in [0.05, 0.1) is 6.10 Å². The smallest absolute Gasteiger partial charge is 0.345 e. The first-order chi connectivity index (χ1) is 12.0. The van der Waals surface area contributed by atoms with Gasteiger partial charge in [-0.05, 0) is 62.5 Å². The lowest BCUT2D eigenvalue weighted by Crippen LogP contribution is -2.19. The fourth-order valence-electron chi connectivity index (χ4n) is 4.31. The molecule has 2 fully saturated rings. The Hall–Kier alpha value is -0.840. The number of alkyl halides is 1. The van der Waals surface area contributed by atoms with Crippen LogP contribution in [0.25, 0.3) is 0 Å². The summed E-state index contributed by atoms with van der Waals surface area (Å²) in [5.41, 5.74) is 0. The third-order valence-electron chi connectivity index (χ3n) is 5.71. The summed E-state index contributed by atoms with van der Waals surface area (Å²) >= 11 is 7.88. The predicted octanol–water partition coefficient (Wildman–Crippen LogP) is 5.12. The van der Waals surface area contributed by atoms with Crippen LogP contribution in [-0.4, -0.2) is 27.7 Å². The summed E-state index contributed by atoms with van der Waals surface area (Å²) < 4.78 is 0. The van der Waals surface area contributed by atoms with E-state index in [4.69, 9.17) is 16.7 Å². The second-order valence-corrected chi connectivity index (χ2v) is 9.18. The summed E-state index contributed by atoms with van der Waals surface area (Å²) in [5, 5.41) is 19.4. The van der Waals surface area contributed by atoms with E-state index in [2.05, 4.69) is 12.2 Å². The Morgan fingerprint density at radius 3 is 2.72 bits per heavy atom. The summed E-state index contributed by atoms with van der Waals surface area (Å²) in [6.07, 6.45) is 12.9. The molecule has 0 amide bonds. The van der Waals surface area contributed by atoms with E-state index in [9.17, 15) is 9.90 Å². The van der Waals surface area contributed by atoms with Gasteiger partial charge in [0, 0.05) is 16.2 Å². The van der Waals surface area contributed by atoms with Gasteiger partial charge in [-0.25, -0.2) is 4.79 Å². The Balaban J connectivity index is 1.53. The molecule has 2 aliphatic carbocycles. The van der Waals surface area contributed by atoms with E-state index in [1.165, 1.54) is 37.0 Å². The average molecular weight is 383 g/mol. The lowest BCUT2D eigenvalue weighted by atomic mass is 9.88. The molecule has 0 aromatic carbocycles. The Bertz CT molecular complexity index is 606. The summed E-state index contributed by atoms with van der Waals surface area (Å²) in [6.45, 7) is 0. The molecular formula is C20H27ClO3S. The van der Waals surface area contributed by atoms with Gasteiger partial charge in [-0.1, -0.05) is 25.0 Å². The van der Waals surface area contributed by atoms with Gasteiger partial charge in [-0.3, -0.25) is 0 Å². The Kier molecular flexibility index (Phi) is 6.59. The zero-order chi connectivity index (χ0) is 17.8. The van der Waals surface area contributed by atoms with E-state index in [-0.39, 0.29) is 17.4 Å². The quantitative estimate of drug-likeness (QED) is 0.508. The van der Waals surface area contributed by atoms with Crippen LogP contribution in [0.5, 0.6) is 0 Å². The molecule has 0 saturated heterocycles. The molecular weight excluding hydrogens is 356 g/mol. The molecule has 1 aromatic heterocycles. The largest absolute Gasteiger partial charge is 0.477 e. The number of carbonyl (C=O) groups is 1.